The molecule has 0 aromatic rings. The molecule has 3 aliphatic rings. The van der Waals surface area contributed by atoms with Gasteiger partial charge in [-0.3, -0.25) is 4.79 Å². The van der Waals surface area contributed by atoms with Crippen LogP contribution < -0.4 is 0 Å². The fourth-order valence-electron chi connectivity index (χ4n) is 8.98. The van der Waals surface area contributed by atoms with Gasteiger partial charge in [-0.1, -0.05) is 38.9 Å². The van der Waals surface area contributed by atoms with Crippen molar-refractivity contribution in [2.75, 3.05) is 27.8 Å². The highest BCUT2D eigenvalue weighted by Gasteiger charge is 2.54. The number of likely N-dealkylation sites (N-methyl/N-ethyl adjacent to an activating group) is 1. The largest absolute Gasteiger partial charge is 0.459 e. The Kier molecular flexibility index (Phi) is 16.7. The maximum atomic E-state index is 14.3. The summed E-state index contributed by atoms with van der Waals surface area (Å²) in [6, 6.07) is -0.299. The summed E-state index contributed by atoms with van der Waals surface area (Å²) >= 11 is 0. The predicted molar refractivity (Wildman–Crippen MR) is 204 cm³/mol. The summed E-state index contributed by atoms with van der Waals surface area (Å²) in [7, 11) is 5.26. The number of ether oxygens (including phenoxy) is 7. The molecule has 5 N–H and O–H groups in total. The first-order valence-corrected chi connectivity index (χ1v) is 19.8. The Balaban J connectivity index is 2.30. The lowest BCUT2D eigenvalue weighted by molar-refractivity contribution is -0.320. The zero-order valence-corrected chi connectivity index (χ0v) is 35.4. The molecule has 0 aliphatic carbocycles. The van der Waals surface area contributed by atoms with Gasteiger partial charge in [0, 0.05) is 37.3 Å². The third kappa shape index (κ3) is 10.5. The normalized spacial score (nSPS) is 47.6. The van der Waals surface area contributed by atoms with Crippen molar-refractivity contribution in [2.24, 2.45) is 28.8 Å². The number of carbonyl (C=O) groups is 1. The number of aliphatic hydroxyl groups excluding tert-OH is 3. The number of aliphatic hydroxyl groups is 4. The summed E-state index contributed by atoms with van der Waals surface area (Å²) in [5.74, 6) is -3.94. The molecule has 0 radical (unpaired) electrons. The monoisotopic (exact) mass is 789 g/mol. The minimum atomic E-state index is -1.95. The summed E-state index contributed by atoms with van der Waals surface area (Å²) < 4.78 is 44.6. The first-order chi connectivity index (χ1) is 25.5. The molecule has 15 heteroatoms. The van der Waals surface area contributed by atoms with Crippen LogP contribution in [0.2, 0.25) is 0 Å². The standard InChI is InChI=1S/C40H72N2O13/c1-15-17-50-39(10)19-21(3)30(41-48)23(5)33(44)40(11,47)28(16-2)53-36(46)25(7)32(54-29-20-38(9,49-14)34(45)26(8)52-29)24(6)35(39)55-37-31(43)27(42(12)13)18-22(4)51-37/h15,21-29,31-35,37,43-45,47-48H,1,16-20H2,2-14H3/b41-30+/t21-,22-,23+,24+,25-,26+,27+,28-,29?,31-,32+,33-,34+,35-,37+,38-,39-,40-/m1/s1. The van der Waals surface area contributed by atoms with Crippen molar-refractivity contribution < 1.29 is 63.6 Å². The quantitative estimate of drug-likeness (QED) is 0.0936. The van der Waals surface area contributed by atoms with Crippen LogP contribution in [0.3, 0.4) is 0 Å². The fourth-order valence-corrected chi connectivity index (χ4v) is 8.98. The smallest absolute Gasteiger partial charge is 0.311 e. The number of carbonyl (C=O) groups excluding carboxylic acids is 1. The van der Waals surface area contributed by atoms with E-state index in [0.29, 0.717) is 6.42 Å². The first kappa shape index (κ1) is 47.6. The number of hydrogen-bond donors (Lipinski definition) is 5. The molecule has 0 spiro atoms. The number of oxime groups is 1. The number of methoxy groups -OCH3 is 1. The Labute approximate surface area is 328 Å². The van der Waals surface area contributed by atoms with Crippen LogP contribution >= 0.6 is 0 Å². The van der Waals surface area contributed by atoms with Crippen LogP contribution in [0.25, 0.3) is 0 Å². The molecule has 3 fully saturated rings. The van der Waals surface area contributed by atoms with Crippen molar-refractivity contribution in [3.8, 4) is 0 Å². The van der Waals surface area contributed by atoms with Gasteiger partial charge in [0.2, 0.25) is 0 Å². The van der Waals surface area contributed by atoms with Crippen LogP contribution in [0, 0.1) is 23.7 Å². The van der Waals surface area contributed by atoms with Gasteiger partial charge in [0.15, 0.2) is 12.6 Å². The van der Waals surface area contributed by atoms with Gasteiger partial charge in [-0.2, -0.15) is 0 Å². The highest BCUT2D eigenvalue weighted by Crippen LogP contribution is 2.42. The van der Waals surface area contributed by atoms with Gasteiger partial charge >= 0.3 is 5.97 Å². The highest BCUT2D eigenvalue weighted by atomic mass is 16.7. The molecule has 0 aromatic heterocycles. The van der Waals surface area contributed by atoms with Crippen LogP contribution in [0.4, 0.5) is 0 Å². The lowest BCUT2D eigenvalue weighted by Gasteiger charge is -2.50. The predicted octanol–water partition coefficient (Wildman–Crippen LogP) is 3.26. The number of esters is 1. The zero-order valence-electron chi connectivity index (χ0n) is 35.4. The number of cyclic esters (lactones) is 1. The van der Waals surface area contributed by atoms with Crippen molar-refractivity contribution >= 4 is 11.7 Å². The molecule has 320 valence electrons. The third-order valence-electron chi connectivity index (χ3n) is 12.5. The third-order valence-corrected chi connectivity index (χ3v) is 12.5. The van der Waals surface area contributed by atoms with E-state index in [1.165, 1.54) is 14.0 Å². The highest BCUT2D eigenvalue weighted by molar-refractivity contribution is 5.88. The lowest BCUT2D eigenvalue weighted by Crippen LogP contribution is -2.61. The molecular weight excluding hydrogens is 716 g/mol. The molecule has 0 aromatic carbocycles. The van der Waals surface area contributed by atoms with Gasteiger partial charge in [0.25, 0.3) is 0 Å². The summed E-state index contributed by atoms with van der Waals surface area (Å²) in [6.45, 7) is 21.3. The van der Waals surface area contributed by atoms with Crippen LogP contribution in [-0.2, 0) is 38.0 Å². The molecule has 0 bridgehead atoms. The van der Waals surface area contributed by atoms with E-state index in [2.05, 4.69) is 11.7 Å². The zero-order chi connectivity index (χ0) is 41.8. The maximum Gasteiger partial charge on any atom is 0.311 e. The van der Waals surface area contributed by atoms with Crippen molar-refractivity contribution in [2.45, 2.75) is 179 Å². The SMILES string of the molecule is C=CCO[C@]1(C)C[C@@H](C)/C(=N\O)[C@H](C)[C@@H](O)[C@](C)(O)[C@@H](CC)OC(=O)[C@H](C)[C@@H](OC2C[C@@](C)(OC)[C@@H](O)[C@H](C)O2)[C@H](C)[C@H]1O[C@@H]1O[C@H](C)C[C@H](N(C)C)[C@H]1O. The molecule has 55 heavy (non-hydrogen) atoms. The Morgan fingerprint density at radius 2 is 1.60 bits per heavy atom. The van der Waals surface area contributed by atoms with Crippen molar-refractivity contribution in [1.82, 2.24) is 4.90 Å². The molecule has 3 aliphatic heterocycles. The van der Waals surface area contributed by atoms with E-state index < -0.39 is 102 Å². The molecule has 3 saturated heterocycles. The van der Waals surface area contributed by atoms with Gasteiger partial charge in [0.05, 0.1) is 60.0 Å². The molecule has 3 heterocycles. The Morgan fingerprint density at radius 3 is 2.15 bits per heavy atom. The minimum absolute atomic E-state index is 0.0771. The molecule has 0 amide bonds. The Morgan fingerprint density at radius 1 is 0.964 bits per heavy atom. The molecule has 0 saturated carbocycles. The Bertz CT molecular complexity index is 1290. The van der Waals surface area contributed by atoms with Crippen molar-refractivity contribution in [3.63, 3.8) is 0 Å². The van der Waals surface area contributed by atoms with Gasteiger partial charge in [-0.15, -0.1) is 6.58 Å². The lowest BCUT2D eigenvalue weighted by atomic mass is 9.73. The molecule has 15 nitrogen and oxygen atoms in total. The Hall–Kier alpha value is -1.76. The van der Waals surface area contributed by atoms with Gasteiger partial charge in [0.1, 0.15) is 23.9 Å². The van der Waals surface area contributed by atoms with Gasteiger partial charge < -0.3 is 63.7 Å². The van der Waals surface area contributed by atoms with Gasteiger partial charge in [-0.25, -0.2) is 0 Å². The second-order valence-electron chi connectivity index (χ2n) is 17.1. The molecule has 18 atom stereocenters. The van der Waals surface area contributed by atoms with E-state index in [1.54, 1.807) is 40.7 Å². The summed E-state index contributed by atoms with van der Waals surface area (Å²) in [4.78, 5) is 16.2. The number of nitrogens with zero attached hydrogens (tertiary/aromatic N) is 2. The van der Waals surface area contributed by atoms with E-state index in [9.17, 15) is 30.4 Å². The average Bonchev–Trinajstić information content (AvgIpc) is 3.12. The molecule has 1 unspecified atom stereocenters. The van der Waals surface area contributed by atoms with Crippen LogP contribution in [0.1, 0.15) is 94.9 Å². The van der Waals surface area contributed by atoms with Crippen molar-refractivity contribution in [3.05, 3.63) is 12.7 Å². The molecular formula is C40H72N2O13. The first-order valence-electron chi connectivity index (χ1n) is 19.8. The van der Waals surface area contributed by atoms with Gasteiger partial charge in [-0.05, 0) is 74.9 Å². The van der Waals surface area contributed by atoms with Crippen molar-refractivity contribution in [1.29, 1.82) is 0 Å². The molecule has 3 rings (SSSR count). The summed E-state index contributed by atoms with van der Waals surface area (Å²) in [6.07, 6.45) is -7.20. The summed E-state index contributed by atoms with van der Waals surface area (Å²) in [5.41, 5.74) is -4.09. The number of rotatable bonds is 10. The van der Waals surface area contributed by atoms with Crippen LogP contribution in [0.15, 0.2) is 17.8 Å². The minimum Gasteiger partial charge on any atom is -0.459 e. The average molecular weight is 789 g/mol. The van der Waals surface area contributed by atoms with Crippen LogP contribution in [0.5, 0.6) is 0 Å². The summed E-state index contributed by atoms with van der Waals surface area (Å²) in [5, 5.41) is 60.2. The second kappa shape index (κ2) is 19.3. The van der Waals surface area contributed by atoms with E-state index in [4.69, 9.17) is 33.2 Å². The topological polar surface area (TPSA) is 198 Å². The second-order valence-corrected chi connectivity index (χ2v) is 17.1. The maximum absolute atomic E-state index is 14.3. The van der Waals surface area contributed by atoms with E-state index in [-0.39, 0.29) is 43.7 Å². The van der Waals surface area contributed by atoms with Crippen LogP contribution in [-0.4, -0.2) is 154 Å². The van der Waals surface area contributed by atoms with E-state index in [1.807, 2.05) is 46.7 Å². The van der Waals surface area contributed by atoms with E-state index >= 15 is 0 Å². The number of hydrogen-bond acceptors (Lipinski definition) is 15. The van der Waals surface area contributed by atoms with E-state index in [0.717, 1.165) is 0 Å². The fraction of sp³-hybridized carbons (Fsp3) is 0.900.